The smallest absolute Gasteiger partial charge is 0.164 e. The first-order valence-corrected chi connectivity index (χ1v) is 21.8. The Balaban J connectivity index is 0.986. The third-order valence-corrected chi connectivity index (χ3v) is 13.6. The maximum atomic E-state index is 5.18. The molecule has 1 aliphatic heterocycles. The van der Waals surface area contributed by atoms with Crippen molar-refractivity contribution in [3.05, 3.63) is 247 Å². The van der Waals surface area contributed by atoms with Gasteiger partial charge in [-0.1, -0.05) is 212 Å². The van der Waals surface area contributed by atoms with Gasteiger partial charge in [-0.2, -0.15) is 0 Å². The zero-order valence-electron chi connectivity index (χ0n) is 33.6. The Morgan fingerprint density at radius 2 is 0.645 bits per heavy atom. The fourth-order valence-electron chi connectivity index (χ4n) is 9.52. The van der Waals surface area contributed by atoms with Crippen LogP contribution < -0.4 is 0 Å². The minimum Gasteiger partial charge on any atom is -0.208 e. The zero-order valence-corrected chi connectivity index (χ0v) is 34.4. The van der Waals surface area contributed by atoms with E-state index in [0.717, 1.165) is 38.9 Å². The number of benzene rings is 9. The summed E-state index contributed by atoms with van der Waals surface area (Å²) in [6.07, 6.45) is 0. The number of aromatic nitrogens is 3. The van der Waals surface area contributed by atoms with Crippen molar-refractivity contribution < 1.29 is 0 Å². The van der Waals surface area contributed by atoms with Crippen LogP contribution in [0.1, 0.15) is 22.3 Å². The first-order chi connectivity index (χ1) is 30.7. The molecule has 0 radical (unpaired) electrons. The van der Waals surface area contributed by atoms with Gasteiger partial charge in [-0.25, -0.2) is 15.0 Å². The van der Waals surface area contributed by atoms with E-state index in [4.69, 9.17) is 15.0 Å². The molecule has 2 heterocycles. The largest absolute Gasteiger partial charge is 0.208 e. The van der Waals surface area contributed by atoms with Gasteiger partial charge in [0.15, 0.2) is 17.5 Å². The first-order valence-electron chi connectivity index (χ1n) is 21.0. The molecule has 0 saturated carbocycles. The van der Waals surface area contributed by atoms with Gasteiger partial charge >= 0.3 is 0 Å². The summed E-state index contributed by atoms with van der Waals surface area (Å²) in [7, 11) is 0. The van der Waals surface area contributed by atoms with Crippen molar-refractivity contribution in [3.8, 4) is 78.7 Å². The van der Waals surface area contributed by atoms with E-state index in [-0.39, 0.29) is 0 Å². The molecule has 9 aromatic carbocycles. The summed E-state index contributed by atoms with van der Waals surface area (Å²) in [6, 6.07) is 80.5. The van der Waals surface area contributed by atoms with Crippen LogP contribution in [0, 0.1) is 0 Å². The minimum absolute atomic E-state index is 0.442. The third-order valence-electron chi connectivity index (χ3n) is 12.4. The molecule has 0 atom stereocenters. The van der Waals surface area contributed by atoms with Crippen molar-refractivity contribution in [1.29, 1.82) is 0 Å². The summed E-state index contributed by atoms with van der Waals surface area (Å²) >= 11 is 1.87. The molecule has 62 heavy (non-hydrogen) atoms. The predicted octanol–water partition coefficient (Wildman–Crippen LogP) is 14.7. The normalized spacial score (nSPS) is 12.9. The highest BCUT2D eigenvalue weighted by Crippen LogP contribution is 2.62. The summed E-state index contributed by atoms with van der Waals surface area (Å²) in [5.74, 6) is 1.89. The summed E-state index contributed by atoms with van der Waals surface area (Å²) < 4.78 is 0. The van der Waals surface area contributed by atoms with Crippen LogP contribution in [0.2, 0.25) is 0 Å². The highest BCUT2D eigenvalue weighted by Gasteiger charge is 2.50. The molecule has 10 aromatic rings. The monoisotopic (exact) mass is 807 g/mol. The topological polar surface area (TPSA) is 38.7 Å². The van der Waals surface area contributed by atoms with E-state index >= 15 is 0 Å². The molecule has 0 amide bonds. The Hall–Kier alpha value is -7.66. The number of rotatable bonds is 6. The van der Waals surface area contributed by atoms with Gasteiger partial charge in [0, 0.05) is 26.5 Å². The standard InChI is InChI=1S/C58H37N3S/c1-3-14-38(15-4-1)40-26-30-42(31-27-40)55-59-56(43-32-28-41(29-33-43)39-16-5-2-6-17-39)61-57(60-55)46-19-13-18-44(36-46)45-34-35-54-52(37-45)58(51-24-11-12-25-53(51)62-54)49-22-9-7-20-47(49)48-21-8-10-23-50(48)58/h1-37H. The lowest BCUT2D eigenvalue weighted by Crippen LogP contribution is -2.32. The number of nitrogens with zero attached hydrogens (tertiary/aromatic N) is 3. The first kappa shape index (κ1) is 36.2. The van der Waals surface area contributed by atoms with Crippen LogP contribution in [0.5, 0.6) is 0 Å². The zero-order chi connectivity index (χ0) is 41.0. The van der Waals surface area contributed by atoms with E-state index in [9.17, 15) is 0 Å². The average molecular weight is 808 g/mol. The molecule has 0 saturated heterocycles. The molecule has 290 valence electrons. The Kier molecular flexibility index (Phi) is 8.65. The molecule has 1 spiro atoms. The van der Waals surface area contributed by atoms with E-state index in [1.807, 2.05) is 23.9 Å². The molecule has 0 bridgehead atoms. The van der Waals surface area contributed by atoms with E-state index in [0.29, 0.717) is 17.5 Å². The quantitative estimate of drug-likeness (QED) is 0.168. The van der Waals surface area contributed by atoms with Crippen LogP contribution in [0.3, 0.4) is 0 Å². The molecular formula is C58H37N3S. The van der Waals surface area contributed by atoms with Crippen molar-refractivity contribution in [2.24, 2.45) is 0 Å². The Morgan fingerprint density at radius 1 is 0.258 bits per heavy atom. The van der Waals surface area contributed by atoms with Crippen molar-refractivity contribution in [3.63, 3.8) is 0 Å². The van der Waals surface area contributed by atoms with Crippen molar-refractivity contribution in [2.45, 2.75) is 15.2 Å². The minimum atomic E-state index is -0.442. The summed E-state index contributed by atoms with van der Waals surface area (Å²) in [5.41, 5.74) is 17.1. The average Bonchev–Trinajstić information content (AvgIpc) is 3.65. The summed E-state index contributed by atoms with van der Waals surface area (Å²) in [4.78, 5) is 18.0. The SMILES string of the molecule is c1ccc(-c2ccc(-c3nc(-c4ccc(-c5ccccc5)cc4)nc(-c4cccc(-c5ccc6c(c5)C5(c7ccccc7S6)c6ccccc6-c6ccccc65)c4)n3)cc2)cc1. The maximum Gasteiger partial charge on any atom is 0.164 e. The number of fused-ring (bicyclic) bond motifs is 9. The van der Waals surface area contributed by atoms with Gasteiger partial charge in [0.2, 0.25) is 0 Å². The van der Waals surface area contributed by atoms with Crippen LogP contribution in [0.25, 0.3) is 78.7 Å². The van der Waals surface area contributed by atoms with E-state index < -0.39 is 5.41 Å². The molecule has 0 unspecified atom stereocenters. The molecular weight excluding hydrogens is 771 g/mol. The molecule has 2 aliphatic rings. The molecule has 12 rings (SSSR count). The molecule has 1 aliphatic carbocycles. The highest BCUT2D eigenvalue weighted by atomic mass is 32.2. The van der Waals surface area contributed by atoms with Gasteiger partial charge in [-0.3, -0.25) is 0 Å². The Morgan fingerprint density at radius 3 is 1.23 bits per heavy atom. The van der Waals surface area contributed by atoms with Gasteiger partial charge in [0.25, 0.3) is 0 Å². The van der Waals surface area contributed by atoms with E-state index in [1.54, 1.807) is 0 Å². The van der Waals surface area contributed by atoms with E-state index in [1.165, 1.54) is 54.3 Å². The lowest BCUT2D eigenvalue weighted by atomic mass is 9.67. The van der Waals surface area contributed by atoms with Crippen molar-refractivity contribution >= 4 is 11.8 Å². The highest BCUT2D eigenvalue weighted by molar-refractivity contribution is 7.99. The van der Waals surface area contributed by atoms with Gasteiger partial charge in [0.05, 0.1) is 5.41 Å². The molecule has 0 fully saturated rings. The van der Waals surface area contributed by atoms with Gasteiger partial charge in [0.1, 0.15) is 0 Å². The van der Waals surface area contributed by atoms with Crippen LogP contribution in [-0.2, 0) is 5.41 Å². The van der Waals surface area contributed by atoms with Crippen LogP contribution >= 0.6 is 11.8 Å². The summed E-state index contributed by atoms with van der Waals surface area (Å²) in [6.45, 7) is 0. The van der Waals surface area contributed by atoms with Crippen LogP contribution in [-0.4, -0.2) is 15.0 Å². The van der Waals surface area contributed by atoms with E-state index in [2.05, 4.69) is 212 Å². The van der Waals surface area contributed by atoms with Gasteiger partial charge < -0.3 is 0 Å². The second-order valence-corrected chi connectivity index (χ2v) is 17.0. The molecule has 4 heteroatoms. The Bertz CT molecular complexity index is 3160. The molecule has 0 N–H and O–H groups in total. The fraction of sp³-hybridized carbons (Fsp3) is 0.0172. The van der Waals surface area contributed by atoms with Crippen molar-refractivity contribution in [1.82, 2.24) is 15.0 Å². The number of hydrogen-bond donors (Lipinski definition) is 0. The lowest BCUT2D eigenvalue weighted by Gasteiger charge is -2.40. The second-order valence-electron chi connectivity index (χ2n) is 15.9. The predicted molar refractivity (Wildman–Crippen MR) is 254 cm³/mol. The summed E-state index contributed by atoms with van der Waals surface area (Å²) in [5, 5.41) is 0. The van der Waals surface area contributed by atoms with Crippen LogP contribution in [0.4, 0.5) is 0 Å². The lowest BCUT2D eigenvalue weighted by molar-refractivity contribution is 0.723. The fourth-order valence-corrected chi connectivity index (χ4v) is 10.7. The molecule has 3 nitrogen and oxygen atoms in total. The second kappa shape index (κ2) is 14.8. The maximum absolute atomic E-state index is 5.18. The molecule has 1 aromatic heterocycles. The Labute approximate surface area is 365 Å². The van der Waals surface area contributed by atoms with Gasteiger partial charge in [-0.15, -0.1) is 0 Å². The van der Waals surface area contributed by atoms with Crippen LogP contribution in [0.15, 0.2) is 234 Å². The third kappa shape index (κ3) is 5.94. The van der Waals surface area contributed by atoms with Gasteiger partial charge in [-0.05, 0) is 91.0 Å². The number of hydrogen-bond acceptors (Lipinski definition) is 4. The van der Waals surface area contributed by atoms with Crippen molar-refractivity contribution in [2.75, 3.05) is 0 Å².